The van der Waals surface area contributed by atoms with E-state index < -0.39 is 0 Å². The number of ether oxygens (including phenoxy) is 2. The Hall–Kier alpha value is -3.83. The van der Waals surface area contributed by atoms with Crippen LogP contribution >= 0.6 is 11.8 Å². The molecule has 0 aliphatic rings. The fraction of sp³-hybridized carbons (Fsp3) is 0.0714. The molecule has 4 aromatic rings. The highest BCUT2D eigenvalue weighted by Gasteiger charge is 2.09. The standard InChI is InChI=1S/C28H22O4S/c29-17-23-15-25(11-13-27(23)31-19-21-7-3-1-4-8-21)33-26-12-14-28(24(16-26)18-30)32-20-22-9-5-2-6-10-22/h1-18H,19-20H2. The third kappa shape index (κ3) is 6.11. The lowest BCUT2D eigenvalue weighted by atomic mass is 10.2. The first-order valence-electron chi connectivity index (χ1n) is 10.4. The summed E-state index contributed by atoms with van der Waals surface area (Å²) >= 11 is 1.46. The molecule has 4 nitrogen and oxygen atoms in total. The molecule has 0 bridgehead atoms. The van der Waals surface area contributed by atoms with Gasteiger partial charge in [0.15, 0.2) is 12.6 Å². The molecule has 0 atom stereocenters. The van der Waals surface area contributed by atoms with Crippen LogP contribution in [0.1, 0.15) is 31.8 Å². The van der Waals surface area contributed by atoms with Crippen molar-refractivity contribution in [3.05, 3.63) is 119 Å². The molecule has 0 fully saturated rings. The minimum atomic E-state index is 0.390. The van der Waals surface area contributed by atoms with E-state index in [9.17, 15) is 9.59 Å². The summed E-state index contributed by atoms with van der Waals surface area (Å²) < 4.78 is 11.7. The molecule has 33 heavy (non-hydrogen) atoms. The number of aldehydes is 2. The Morgan fingerprint density at radius 1 is 0.576 bits per heavy atom. The molecule has 4 aromatic carbocycles. The summed E-state index contributed by atoms with van der Waals surface area (Å²) in [5.41, 5.74) is 3.02. The highest BCUT2D eigenvalue weighted by molar-refractivity contribution is 7.99. The van der Waals surface area contributed by atoms with Gasteiger partial charge in [-0.05, 0) is 47.5 Å². The van der Waals surface area contributed by atoms with Gasteiger partial charge in [-0.15, -0.1) is 0 Å². The molecule has 164 valence electrons. The normalized spacial score (nSPS) is 10.4. The van der Waals surface area contributed by atoms with Crippen LogP contribution in [0.2, 0.25) is 0 Å². The highest BCUT2D eigenvalue weighted by Crippen LogP contribution is 2.33. The van der Waals surface area contributed by atoms with E-state index in [1.165, 1.54) is 11.8 Å². The SMILES string of the molecule is O=Cc1cc(Sc2ccc(OCc3ccccc3)c(C=O)c2)ccc1OCc1ccccc1. The molecule has 0 saturated carbocycles. The first-order chi connectivity index (χ1) is 16.2. The van der Waals surface area contributed by atoms with Crippen molar-refractivity contribution in [2.45, 2.75) is 23.0 Å². The fourth-order valence-corrected chi connectivity index (χ4v) is 4.15. The van der Waals surface area contributed by atoms with Crippen molar-refractivity contribution in [1.29, 1.82) is 0 Å². The predicted octanol–water partition coefficient (Wildman–Crippen LogP) is 6.62. The molecular weight excluding hydrogens is 432 g/mol. The van der Waals surface area contributed by atoms with Crippen molar-refractivity contribution < 1.29 is 19.1 Å². The second-order valence-electron chi connectivity index (χ2n) is 7.29. The van der Waals surface area contributed by atoms with Crippen molar-refractivity contribution in [1.82, 2.24) is 0 Å². The predicted molar refractivity (Wildman–Crippen MR) is 129 cm³/mol. The number of carbonyl (C=O) groups excluding carboxylic acids is 2. The van der Waals surface area contributed by atoms with Crippen molar-refractivity contribution in [3.8, 4) is 11.5 Å². The van der Waals surface area contributed by atoms with Gasteiger partial charge in [-0.3, -0.25) is 9.59 Å². The lowest BCUT2D eigenvalue weighted by molar-refractivity contribution is 0.111. The molecule has 5 heteroatoms. The Bertz CT molecular complexity index is 1130. The highest BCUT2D eigenvalue weighted by atomic mass is 32.2. The van der Waals surface area contributed by atoms with E-state index in [2.05, 4.69) is 0 Å². The van der Waals surface area contributed by atoms with Gasteiger partial charge in [-0.2, -0.15) is 0 Å². The summed E-state index contributed by atoms with van der Waals surface area (Å²) in [5.74, 6) is 1.08. The molecule has 0 aliphatic heterocycles. The second kappa shape index (κ2) is 11.2. The van der Waals surface area contributed by atoms with Crippen molar-refractivity contribution in [3.63, 3.8) is 0 Å². The van der Waals surface area contributed by atoms with Gasteiger partial charge in [-0.1, -0.05) is 72.4 Å². The molecule has 0 radical (unpaired) electrons. The third-order valence-corrected chi connectivity index (χ3v) is 5.91. The van der Waals surface area contributed by atoms with E-state index in [1.807, 2.05) is 72.8 Å². The van der Waals surface area contributed by atoms with E-state index >= 15 is 0 Å². The maximum Gasteiger partial charge on any atom is 0.153 e. The van der Waals surface area contributed by atoms with E-state index in [4.69, 9.17) is 9.47 Å². The molecule has 4 rings (SSSR count). The summed E-state index contributed by atoms with van der Waals surface area (Å²) in [7, 11) is 0. The number of rotatable bonds is 10. The molecule has 0 aromatic heterocycles. The van der Waals surface area contributed by atoms with Gasteiger partial charge >= 0.3 is 0 Å². The van der Waals surface area contributed by atoms with Gasteiger partial charge in [0.25, 0.3) is 0 Å². The molecule has 0 saturated heterocycles. The van der Waals surface area contributed by atoms with Crippen LogP contribution in [0, 0.1) is 0 Å². The van der Waals surface area contributed by atoms with Crippen LogP contribution in [0.15, 0.2) is 107 Å². The molecule has 0 amide bonds. The van der Waals surface area contributed by atoms with E-state index in [1.54, 1.807) is 24.3 Å². The molecule has 0 heterocycles. The molecule has 0 spiro atoms. The number of hydrogen-bond donors (Lipinski definition) is 0. The number of hydrogen-bond acceptors (Lipinski definition) is 5. The van der Waals surface area contributed by atoms with Crippen LogP contribution in [0.25, 0.3) is 0 Å². The van der Waals surface area contributed by atoms with Gasteiger partial charge in [0.1, 0.15) is 24.7 Å². The maximum atomic E-state index is 11.6. The molecular formula is C28H22O4S. The Morgan fingerprint density at radius 2 is 1.00 bits per heavy atom. The van der Waals surface area contributed by atoms with E-state index in [0.29, 0.717) is 35.8 Å². The Kier molecular flexibility index (Phi) is 7.56. The third-order valence-electron chi connectivity index (χ3n) is 4.93. The van der Waals surface area contributed by atoms with Gasteiger partial charge in [0, 0.05) is 9.79 Å². The zero-order chi connectivity index (χ0) is 22.9. The quantitative estimate of drug-likeness (QED) is 0.252. The van der Waals surface area contributed by atoms with Crippen LogP contribution in [-0.4, -0.2) is 12.6 Å². The van der Waals surface area contributed by atoms with Crippen LogP contribution in [0.4, 0.5) is 0 Å². The summed E-state index contributed by atoms with van der Waals surface area (Å²) in [5, 5.41) is 0. The zero-order valence-corrected chi connectivity index (χ0v) is 18.7. The van der Waals surface area contributed by atoms with E-state index in [-0.39, 0.29) is 0 Å². The summed E-state index contributed by atoms with van der Waals surface area (Å²) in [6.07, 6.45) is 1.59. The molecule has 0 aliphatic carbocycles. The summed E-state index contributed by atoms with van der Waals surface area (Å²) in [6, 6.07) is 30.6. The topological polar surface area (TPSA) is 52.6 Å². The van der Waals surface area contributed by atoms with Gasteiger partial charge in [-0.25, -0.2) is 0 Å². The fourth-order valence-electron chi connectivity index (χ4n) is 3.23. The van der Waals surface area contributed by atoms with Crippen molar-refractivity contribution in [2.24, 2.45) is 0 Å². The minimum absolute atomic E-state index is 0.390. The summed E-state index contributed by atoms with van der Waals surface area (Å²) in [4.78, 5) is 25.0. The average molecular weight is 455 g/mol. The second-order valence-corrected chi connectivity index (χ2v) is 8.43. The Labute approximate surface area is 197 Å². The number of carbonyl (C=O) groups is 2. The molecule has 0 unspecified atom stereocenters. The maximum absolute atomic E-state index is 11.6. The van der Waals surface area contributed by atoms with Crippen LogP contribution < -0.4 is 9.47 Å². The largest absolute Gasteiger partial charge is 0.488 e. The van der Waals surface area contributed by atoms with Gasteiger partial charge in [0.2, 0.25) is 0 Å². The van der Waals surface area contributed by atoms with Crippen molar-refractivity contribution in [2.75, 3.05) is 0 Å². The van der Waals surface area contributed by atoms with Gasteiger partial charge in [0.05, 0.1) is 11.1 Å². The minimum Gasteiger partial charge on any atom is -0.488 e. The lowest BCUT2D eigenvalue weighted by Crippen LogP contribution is -1.99. The Balaban J connectivity index is 1.44. The average Bonchev–Trinajstić information content (AvgIpc) is 2.88. The monoisotopic (exact) mass is 454 g/mol. The first kappa shape index (κ1) is 22.4. The lowest BCUT2D eigenvalue weighted by Gasteiger charge is -2.12. The van der Waals surface area contributed by atoms with Gasteiger partial charge < -0.3 is 9.47 Å². The molecule has 0 N–H and O–H groups in total. The first-order valence-corrected chi connectivity index (χ1v) is 11.3. The van der Waals surface area contributed by atoms with E-state index in [0.717, 1.165) is 33.5 Å². The van der Waals surface area contributed by atoms with Crippen LogP contribution in [0.3, 0.4) is 0 Å². The zero-order valence-electron chi connectivity index (χ0n) is 17.8. The number of benzene rings is 4. The van der Waals surface area contributed by atoms with Crippen LogP contribution in [-0.2, 0) is 13.2 Å². The Morgan fingerprint density at radius 3 is 1.39 bits per heavy atom. The van der Waals surface area contributed by atoms with Crippen molar-refractivity contribution >= 4 is 24.3 Å². The smallest absolute Gasteiger partial charge is 0.153 e. The summed E-state index contributed by atoms with van der Waals surface area (Å²) in [6.45, 7) is 0.780. The van der Waals surface area contributed by atoms with Crippen LogP contribution in [0.5, 0.6) is 11.5 Å².